The number of benzene rings is 1. The molecule has 1 saturated heterocycles. The van der Waals surface area contributed by atoms with Crippen LogP contribution in [0.4, 0.5) is 0 Å². The number of rotatable bonds is 3. The molecule has 0 radical (unpaired) electrons. The minimum atomic E-state index is -0.0513. The van der Waals surface area contributed by atoms with Crippen molar-refractivity contribution in [3.8, 4) is 0 Å². The van der Waals surface area contributed by atoms with Crippen LogP contribution in [0.15, 0.2) is 59.0 Å². The zero-order chi connectivity index (χ0) is 19.8. The lowest BCUT2D eigenvalue weighted by Gasteiger charge is -2.34. The molecule has 1 aromatic carbocycles. The first-order valence-electron chi connectivity index (χ1n) is 9.50. The standard InChI is InChI=1S/C21H19N5O2S/c27-19-13-15(23-21-26(19)11-12-29-21)14-24-7-9-25(10-8-24)20(28)17-5-6-22-18-4-2-1-3-16(17)18/h1-6,11-13H,7-10,14H2. The minimum absolute atomic E-state index is 0.0413. The third kappa shape index (κ3) is 3.41. The highest BCUT2D eigenvalue weighted by Crippen LogP contribution is 2.19. The molecule has 1 fully saturated rings. The molecule has 0 atom stereocenters. The van der Waals surface area contributed by atoms with Crippen molar-refractivity contribution >= 4 is 33.1 Å². The number of carbonyl (C=O) groups excluding carboxylic acids is 1. The minimum Gasteiger partial charge on any atom is -0.336 e. The molecule has 7 nitrogen and oxygen atoms in total. The molecule has 29 heavy (non-hydrogen) atoms. The summed E-state index contributed by atoms with van der Waals surface area (Å²) in [7, 11) is 0. The molecule has 8 heteroatoms. The third-order valence-electron chi connectivity index (χ3n) is 5.28. The fourth-order valence-corrected chi connectivity index (χ4v) is 4.50. The number of hydrogen-bond acceptors (Lipinski definition) is 6. The molecule has 0 aliphatic carbocycles. The Hall–Kier alpha value is -3.10. The fraction of sp³-hybridized carbons (Fsp3) is 0.238. The molecule has 0 N–H and O–H groups in total. The molecule has 3 aromatic heterocycles. The van der Waals surface area contributed by atoms with Crippen LogP contribution in [-0.4, -0.2) is 56.3 Å². The first-order valence-corrected chi connectivity index (χ1v) is 10.4. The lowest BCUT2D eigenvalue weighted by atomic mass is 10.1. The summed E-state index contributed by atoms with van der Waals surface area (Å²) in [5.74, 6) is 0.0413. The van der Waals surface area contributed by atoms with E-state index in [0.717, 1.165) is 29.7 Å². The molecule has 4 aromatic rings. The van der Waals surface area contributed by atoms with Crippen LogP contribution in [0.25, 0.3) is 15.9 Å². The SMILES string of the molecule is O=C(c1ccnc2ccccc12)N1CCN(Cc2cc(=O)n3ccsc3n2)CC1. The Kier molecular flexibility index (Phi) is 4.57. The van der Waals surface area contributed by atoms with E-state index < -0.39 is 0 Å². The summed E-state index contributed by atoms with van der Waals surface area (Å²) in [4.78, 5) is 39.0. The largest absolute Gasteiger partial charge is 0.336 e. The Labute approximate surface area is 170 Å². The number of carbonyl (C=O) groups is 1. The molecule has 5 rings (SSSR count). The van der Waals surface area contributed by atoms with E-state index in [1.165, 1.54) is 11.3 Å². The van der Waals surface area contributed by atoms with Crippen LogP contribution < -0.4 is 5.56 Å². The molecule has 0 bridgehead atoms. The maximum atomic E-state index is 13.1. The van der Waals surface area contributed by atoms with E-state index in [2.05, 4.69) is 14.9 Å². The molecule has 0 saturated carbocycles. The number of piperazine rings is 1. The molecule has 4 heterocycles. The highest BCUT2D eigenvalue weighted by atomic mass is 32.1. The second-order valence-corrected chi connectivity index (χ2v) is 7.96. The van der Waals surface area contributed by atoms with Gasteiger partial charge in [-0.2, -0.15) is 0 Å². The molecule has 146 valence electrons. The van der Waals surface area contributed by atoms with Crippen LogP contribution in [0.2, 0.25) is 0 Å². The van der Waals surface area contributed by atoms with Crippen molar-refractivity contribution in [2.75, 3.05) is 26.2 Å². The summed E-state index contributed by atoms with van der Waals surface area (Å²) in [5.41, 5.74) is 2.25. The van der Waals surface area contributed by atoms with Gasteiger partial charge >= 0.3 is 0 Å². The van der Waals surface area contributed by atoms with E-state index in [1.54, 1.807) is 28.9 Å². The third-order valence-corrected chi connectivity index (χ3v) is 6.04. The van der Waals surface area contributed by atoms with E-state index in [-0.39, 0.29) is 11.5 Å². The number of amides is 1. The quantitative estimate of drug-likeness (QED) is 0.523. The van der Waals surface area contributed by atoms with Gasteiger partial charge in [-0.1, -0.05) is 18.2 Å². The average molecular weight is 405 g/mol. The first kappa shape index (κ1) is 18.0. The van der Waals surface area contributed by atoms with Crippen molar-refractivity contribution in [1.29, 1.82) is 0 Å². The number of nitrogens with zero attached hydrogens (tertiary/aromatic N) is 5. The van der Waals surface area contributed by atoms with Crippen LogP contribution >= 0.6 is 11.3 Å². The zero-order valence-electron chi connectivity index (χ0n) is 15.7. The van der Waals surface area contributed by atoms with Crippen LogP contribution in [0.1, 0.15) is 16.1 Å². The van der Waals surface area contributed by atoms with Crippen LogP contribution in [0.5, 0.6) is 0 Å². The lowest BCUT2D eigenvalue weighted by molar-refractivity contribution is 0.0629. The Morgan fingerprint density at radius 1 is 1.10 bits per heavy atom. The number of thiazole rings is 1. The van der Waals surface area contributed by atoms with Gasteiger partial charge in [0.2, 0.25) is 0 Å². The van der Waals surface area contributed by atoms with E-state index in [1.807, 2.05) is 34.5 Å². The van der Waals surface area contributed by atoms with Gasteiger partial charge in [-0.25, -0.2) is 4.98 Å². The van der Waals surface area contributed by atoms with Gasteiger partial charge < -0.3 is 4.90 Å². The average Bonchev–Trinajstić information content (AvgIpc) is 3.23. The van der Waals surface area contributed by atoms with Crippen molar-refractivity contribution in [2.24, 2.45) is 0 Å². The van der Waals surface area contributed by atoms with Gasteiger partial charge in [0.15, 0.2) is 4.96 Å². The highest BCUT2D eigenvalue weighted by molar-refractivity contribution is 7.15. The van der Waals surface area contributed by atoms with Crippen LogP contribution in [0, 0.1) is 0 Å². The summed E-state index contributed by atoms with van der Waals surface area (Å²) in [6.07, 6.45) is 3.43. The Balaban J connectivity index is 1.28. The van der Waals surface area contributed by atoms with Gasteiger partial charge in [0, 0.05) is 62.0 Å². The van der Waals surface area contributed by atoms with E-state index >= 15 is 0 Å². The Morgan fingerprint density at radius 3 is 2.79 bits per heavy atom. The van der Waals surface area contributed by atoms with Crippen molar-refractivity contribution in [1.82, 2.24) is 24.2 Å². The Morgan fingerprint density at radius 2 is 1.93 bits per heavy atom. The van der Waals surface area contributed by atoms with Gasteiger partial charge in [0.25, 0.3) is 11.5 Å². The summed E-state index contributed by atoms with van der Waals surface area (Å²) in [5, 5.41) is 2.75. The first-order chi connectivity index (χ1) is 14.2. The number of aromatic nitrogens is 3. The van der Waals surface area contributed by atoms with Gasteiger partial charge in [-0.05, 0) is 12.1 Å². The summed E-state index contributed by atoms with van der Waals surface area (Å²) in [6.45, 7) is 3.41. The molecule has 0 unspecified atom stereocenters. The molecule has 0 spiro atoms. The van der Waals surface area contributed by atoms with E-state index in [0.29, 0.717) is 30.2 Å². The number of pyridine rings is 1. The molecular formula is C21H19N5O2S. The lowest BCUT2D eigenvalue weighted by Crippen LogP contribution is -2.48. The van der Waals surface area contributed by atoms with Crippen LogP contribution in [-0.2, 0) is 6.54 Å². The van der Waals surface area contributed by atoms with Gasteiger partial charge in [-0.3, -0.25) is 23.9 Å². The Bertz CT molecular complexity index is 1250. The topological polar surface area (TPSA) is 70.8 Å². The second kappa shape index (κ2) is 7.38. The van der Waals surface area contributed by atoms with Crippen LogP contribution in [0.3, 0.4) is 0 Å². The monoisotopic (exact) mass is 405 g/mol. The zero-order valence-corrected chi connectivity index (χ0v) is 16.5. The normalized spacial score (nSPS) is 15.2. The summed E-state index contributed by atoms with van der Waals surface area (Å²) < 4.78 is 1.56. The fourth-order valence-electron chi connectivity index (χ4n) is 3.76. The smallest absolute Gasteiger partial charge is 0.258 e. The number of hydrogen-bond donors (Lipinski definition) is 0. The van der Waals surface area contributed by atoms with E-state index in [4.69, 9.17) is 0 Å². The number of para-hydroxylation sites is 1. The highest BCUT2D eigenvalue weighted by Gasteiger charge is 2.24. The predicted molar refractivity (Wildman–Crippen MR) is 112 cm³/mol. The van der Waals surface area contributed by atoms with E-state index in [9.17, 15) is 9.59 Å². The van der Waals surface area contributed by atoms with Gasteiger partial charge in [0.1, 0.15) is 0 Å². The molecule has 1 aliphatic rings. The number of fused-ring (bicyclic) bond motifs is 2. The molecule has 1 amide bonds. The van der Waals surface area contributed by atoms with Gasteiger partial charge in [0.05, 0.1) is 16.8 Å². The maximum Gasteiger partial charge on any atom is 0.258 e. The van der Waals surface area contributed by atoms with Gasteiger partial charge in [-0.15, -0.1) is 11.3 Å². The van der Waals surface area contributed by atoms with Crippen molar-refractivity contribution in [3.63, 3.8) is 0 Å². The summed E-state index contributed by atoms with van der Waals surface area (Å²) in [6, 6.07) is 11.1. The maximum absolute atomic E-state index is 13.1. The summed E-state index contributed by atoms with van der Waals surface area (Å²) >= 11 is 1.46. The van der Waals surface area contributed by atoms with Crippen molar-refractivity contribution < 1.29 is 4.79 Å². The second-order valence-electron chi connectivity index (χ2n) is 7.09. The predicted octanol–water partition coefficient (Wildman–Crippen LogP) is 2.26. The molecule has 1 aliphatic heterocycles. The van der Waals surface area contributed by atoms with Crippen molar-refractivity contribution in [2.45, 2.75) is 6.54 Å². The molecular weight excluding hydrogens is 386 g/mol. The van der Waals surface area contributed by atoms with Crippen molar-refractivity contribution in [3.05, 3.63) is 75.8 Å².